The zero-order valence-electron chi connectivity index (χ0n) is 12.4. The number of hydrogen-bond acceptors (Lipinski definition) is 3. The average Bonchev–Trinajstić information content (AvgIpc) is 2.37. The predicted molar refractivity (Wildman–Crippen MR) is 79.3 cm³/mol. The maximum absolute atomic E-state index is 12.2. The fourth-order valence-corrected chi connectivity index (χ4v) is 3.28. The van der Waals surface area contributed by atoms with Crippen LogP contribution in [0.3, 0.4) is 0 Å². The molecular formula is C14H22N2O3S. The number of carbonyl (C=O) groups excluding carboxylic acids is 1. The lowest BCUT2D eigenvalue weighted by Crippen LogP contribution is -2.32. The van der Waals surface area contributed by atoms with Gasteiger partial charge in [0.1, 0.15) is 0 Å². The molecule has 1 atom stereocenters. The fraction of sp³-hybridized carbons (Fsp3) is 0.500. The van der Waals surface area contributed by atoms with Gasteiger partial charge in [0.05, 0.1) is 4.90 Å². The highest BCUT2D eigenvalue weighted by Gasteiger charge is 2.19. The van der Waals surface area contributed by atoms with Crippen molar-refractivity contribution in [1.29, 1.82) is 0 Å². The molecule has 1 aromatic carbocycles. The molecule has 20 heavy (non-hydrogen) atoms. The number of nitrogens with one attached hydrogen (secondary N) is 2. The van der Waals surface area contributed by atoms with Crippen LogP contribution in [0.15, 0.2) is 23.1 Å². The van der Waals surface area contributed by atoms with Gasteiger partial charge in [0.2, 0.25) is 10.0 Å². The molecule has 0 aliphatic rings. The Labute approximate surface area is 120 Å². The zero-order valence-corrected chi connectivity index (χ0v) is 13.2. The quantitative estimate of drug-likeness (QED) is 0.841. The molecule has 0 aromatic heterocycles. The van der Waals surface area contributed by atoms with E-state index in [1.54, 1.807) is 13.0 Å². The van der Waals surface area contributed by atoms with Crippen LogP contribution in [0.25, 0.3) is 0 Å². The minimum absolute atomic E-state index is 0.115. The van der Waals surface area contributed by atoms with Crippen LogP contribution in [0.5, 0.6) is 0 Å². The van der Waals surface area contributed by atoms with Crippen LogP contribution in [0.1, 0.15) is 42.6 Å². The summed E-state index contributed by atoms with van der Waals surface area (Å²) in [6.07, 6.45) is 1.68. The Kier molecular flexibility index (Phi) is 5.71. The van der Waals surface area contributed by atoms with Crippen molar-refractivity contribution >= 4 is 15.9 Å². The van der Waals surface area contributed by atoms with Gasteiger partial charge < -0.3 is 5.32 Å². The number of hydrogen-bond donors (Lipinski definition) is 2. The molecule has 0 heterocycles. The first-order chi connectivity index (χ1) is 9.31. The van der Waals surface area contributed by atoms with Gasteiger partial charge in [-0.15, -0.1) is 0 Å². The Balaban J connectivity index is 3.10. The predicted octanol–water partition coefficient (Wildman–Crippen LogP) is 1.82. The van der Waals surface area contributed by atoms with Crippen molar-refractivity contribution in [1.82, 2.24) is 10.0 Å². The molecule has 112 valence electrons. The molecule has 2 N–H and O–H groups in total. The smallest absolute Gasteiger partial charge is 0.251 e. The van der Waals surface area contributed by atoms with Crippen LogP contribution < -0.4 is 10.0 Å². The summed E-state index contributed by atoms with van der Waals surface area (Å²) in [5.74, 6) is -0.291. The number of sulfonamides is 1. The summed E-state index contributed by atoms with van der Waals surface area (Å²) in [6.45, 7) is 5.60. The van der Waals surface area contributed by atoms with E-state index in [1.165, 1.54) is 19.2 Å². The first-order valence-corrected chi connectivity index (χ1v) is 8.15. The molecule has 0 radical (unpaired) electrons. The SMILES string of the molecule is CCC[C@H](C)NS(=O)(=O)c1ccc(C)c(C(=O)NC)c1. The Morgan fingerprint density at radius 3 is 2.55 bits per heavy atom. The average molecular weight is 298 g/mol. The first-order valence-electron chi connectivity index (χ1n) is 6.67. The number of benzene rings is 1. The van der Waals surface area contributed by atoms with E-state index in [-0.39, 0.29) is 16.8 Å². The van der Waals surface area contributed by atoms with Crippen LogP contribution >= 0.6 is 0 Å². The molecule has 0 saturated heterocycles. The third kappa shape index (κ3) is 4.05. The minimum Gasteiger partial charge on any atom is -0.355 e. The molecular weight excluding hydrogens is 276 g/mol. The zero-order chi connectivity index (χ0) is 15.3. The standard InChI is InChI=1S/C14H22N2O3S/c1-5-6-11(3)16-20(18,19)12-8-7-10(2)13(9-12)14(17)15-4/h7-9,11,16H,5-6H2,1-4H3,(H,15,17)/t11-/m0/s1. The fourth-order valence-electron chi connectivity index (χ4n) is 1.97. The molecule has 0 fully saturated rings. The van der Waals surface area contributed by atoms with Crippen molar-refractivity contribution in [2.24, 2.45) is 0 Å². The monoisotopic (exact) mass is 298 g/mol. The van der Waals surface area contributed by atoms with Gasteiger partial charge in [-0.3, -0.25) is 4.79 Å². The Bertz CT molecular complexity index is 582. The summed E-state index contributed by atoms with van der Waals surface area (Å²) in [4.78, 5) is 11.8. The lowest BCUT2D eigenvalue weighted by atomic mass is 10.1. The first kappa shape index (κ1) is 16.7. The van der Waals surface area contributed by atoms with Gasteiger partial charge in [0.15, 0.2) is 0 Å². The minimum atomic E-state index is -3.59. The van der Waals surface area contributed by atoms with E-state index in [0.717, 1.165) is 18.4 Å². The van der Waals surface area contributed by atoms with Crippen molar-refractivity contribution in [3.05, 3.63) is 29.3 Å². The van der Waals surface area contributed by atoms with Gasteiger partial charge >= 0.3 is 0 Å². The van der Waals surface area contributed by atoms with Crippen LogP contribution in [0, 0.1) is 6.92 Å². The molecule has 1 amide bonds. The van der Waals surface area contributed by atoms with Gasteiger partial charge in [0, 0.05) is 18.7 Å². The number of carbonyl (C=O) groups is 1. The van der Waals surface area contributed by atoms with Crippen LogP contribution in [-0.2, 0) is 10.0 Å². The molecule has 0 saturated carbocycles. The Morgan fingerprint density at radius 2 is 2.00 bits per heavy atom. The highest BCUT2D eigenvalue weighted by Crippen LogP contribution is 2.16. The van der Waals surface area contributed by atoms with Crippen molar-refractivity contribution < 1.29 is 13.2 Å². The third-order valence-electron chi connectivity index (χ3n) is 3.07. The Morgan fingerprint density at radius 1 is 1.35 bits per heavy atom. The molecule has 6 heteroatoms. The Hall–Kier alpha value is -1.40. The molecule has 0 bridgehead atoms. The summed E-state index contributed by atoms with van der Waals surface area (Å²) in [7, 11) is -2.07. The molecule has 0 spiro atoms. The van der Waals surface area contributed by atoms with Crippen molar-refractivity contribution in [3.63, 3.8) is 0 Å². The van der Waals surface area contributed by atoms with Gasteiger partial charge in [-0.2, -0.15) is 0 Å². The number of rotatable bonds is 6. The van der Waals surface area contributed by atoms with Gasteiger partial charge in [0.25, 0.3) is 5.91 Å². The molecule has 0 aliphatic carbocycles. The number of amides is 1. The molecule has 1 aromatic rings. The second-order valence-corrected chi connectivity index (χ2v) is 6.58. The van der Waals surface area contributed by atoms with Crippen LogP contribution in [0.4, 0.5) is 0 Å². The molecule has 5 nitrogen and oxygen atoms in total. The van der Waals surface area contributed by atoms with Crippen LogP contribution in [0.2, 0.25) is 0 Å². The van der Waals surface area contributed by atoms with E-state index in [2.05, 4.69) is 10.0 Å². The maximum atomic E-state index is 12.2. The van der Waals surface area contributed by atoms with E-state index in [9.17, 15) is 13.2 Å². The maximum Gasteiger partial charge on any atom is 0.251 e. The largest absolute Gasteiger partial charge is 0.355 e. The topological polar surface area (TPSA) is 75.3 Å². The van der Waals surface area contributed by atoms with Gasteiger partial charge in [-0.25, -0.2) is 13.1 Å². The van der Waals surface area contributed by atoms with Gasteiger partial charge in [-0.1, -0.05) is 19.4 Å². The lowest BCUT2D eigenvalue weighted by Gasteiger charge is -2.14. The summed E-state index contributed by atoms with van der Waals surface area (Å²) in [5, 5.41) is 2.51. The van der Waals surface area contributed by atoms with Crippen molar-refractivity contribution in [2.75, 3.05) is 7.05 Å². The second kappa shape index (κ2) is 6.85. The highest BCUT2D eigenvalue weighted by molar-refractivity contribution is 7.89. The van der Waals surface area contributed by atoms with Gasteiger partial charge in [-0.05, 0) is 38.0 Å². The summed E-state index contributed by atoms with van der Waals surface area (Å²) in [5.41, 5.74) is 1.11. The number of aryl methyl sites for hydroxylation is 1. The summed E-state index contributed by atoms with van der Waals surface area (Å²) >= 11 is 0. The molecule has 0 unspecified atom stereocenters. The third-order valence-corrected chi connectivity index (χ3v) is 4.66. The van der Waals surface area contributed by atoms with E-state index in [4.69, 9.17) is 0 Å². The second-order valence-electron chi connectivity index (χ2n) is 4.87. The van der Waals surface area contributed by atoms with E-state index in [0.29, 0.717) is 5.56 Å². The molecule has 1 rings (SSSR count). The molecule has 0 aliphatic heterocycles. The van der Waals surface area contributed by atoms with Crippen molar-refractivity contribution in [2.45, 2.75) is 44.6 Å². The van der Waals surface area contributed by atoms with Crippen LogP contribution in [-0.4, -0.2) is 27.4 Å². The van der Waals surface area contributed by atoms with Crippen molar-refractivity contribution in [3.8, 4) is 0 Å². The highest BCUT2D eigenvalue weighted by atomic mass is 32.2. The summed E-state index contributed by atoms with van der Waals surface area (Å²) in [6, 6.07) is 4.44. The summed E-state index contributed by atoms with van der Waals surface area (Å²) < 4.78 is 27.1. The van der Waals surface area contributed by atoms with E-state index >= 15 is 0 Å². The lowest BCUT2D eigenvalue weighted by molar-refractivity contribution is 0.0962. The van der Waals surface area contributed by atoms with E-state index in [1.807, 2.05) is 13.8 Å². The van der Waals surface area contributed by atoms with E-state index < -0.39 is 10.0 Å². The normalized spacial score (nSPS) is 13.0.